The summed E-state index contributed by atoms with van der Waals surface area (Å²) in [7, 11) is 0. The quantitative estimate of drug-likeness (QED) is 0.609. The first-order chi connectivity index (χ1) is 12.5. The molecule has 2 heterocycles. The minimum absolute atomic E-state index is 0.0446. The van der Waals surface area contributed by atoms with Crippen LogP contribution in [0.25, 0.3) is 11.0 Å². The average Bonchev–Trinajstić information content (AvgIpc) is 2.65. The summed E-state index contributed by atoms with van der Waals surface area (Å²) in [5, 5.41) is 0. The van der Waals surface area contributed by atoms with Gasteiger partial charge in [0.2, 0.25) is 5.91 Å². The fourth-order valence-electron chi connectivity index (χ4n) is 3.53. The Labute approximate surface area is 152 Å². The lowest BCUT2D eigenvalue weighted by atomic mass is 9.99. The third kappa shape index (κ3) is 3.49. The fraction of sp³-hybridized carbons (Fsp3) is 0.450. The number of nitrogens with zero attached hydrogens (tertiary/aromatic N) is 3. The molecule has 1 saturated heterocycles. The van der Waals surface area contributed by atoms with Crippen LogP contribution in [0.2, 0.25) is 0 Å². The summed E-state index contributed by atoms with van der Waals surface area (Å²) < 4.78 is 2.86. The van der Waals surface area contributed by atoms with Crippen LogP contribution in [0.4, 0.5) is 0 Å². The highest BCUT2D eigenvalue weighted by Crippen LogP contribution is 2.17. The van der Waals surface area contributed by atoms with Crippen molar-refractivity contribution in [3.8, 4) is 0 Å². The summed E-state index contributed by atoms with van der Waals surface area (Å²) in [5.41, 5.74) is 0.170. The first-order valence-electron chi connectivity index (χ1n) is 9.14. The molecular weight excluding hydrogens is 330 g/mol. The third-order valence-electron chi connectivity index (χ3n) is 5.13. The van der Waals surface area contributed by atoms with Crippen LogP contribution in [-0.4, -0.2) is 33.0 Å². The maximum Gasteiger partial charge on any atom is 0.317 e. The molecule has 0 bridgehead atoms. The van der Waals surface area contributed by atoms with Crippen molar-refractivity contribution in [1.82, 2.24) is 14.0 Å². The van der Waals surface area contributed by atoms with Crippen molar-refractivity contribution >= 4 is 16.9 Å². The summed E-state index contributed by atoms with van der Waals surface area (Å²) >= 11 is 0. The largest absolute Gasteiger partial charge is 0.343 e. The summed E-state index contributed by atoms with van der Waals surface area (Å²) in [6.07, 6.45) is 3.86. The minimum atomic E-state index is -0.592. The van der Waals surface area contributed by atoms with Crippen molar-refractivity contribution in [3.63, 3.8) is 0 Å². The second-order valence-electron chi connectivity index (χ2n) is 6.96. The van der Waals surface area contributed by atoms with E-state index in [4.69, 9.17) is 0 Å². The maximum absolute atomic E-state index is 12.6. The molecule has 1 aliphatic heterocycles. The molecule has 26 heavy (non-hydrogen) atoms. The number of carbonyl (C=O) groups is 1. The number of allylic oxidation sites excluding steroid dienone is 1. The van der Waals surface area contributed by atoms with E-state index < -0.39 is 11.1 Å². The Morgan fingerprint density at radius 2 is 1.69 bits per heavy atom. The molecule has 0 unspecified atom stereocenters. The molecule has 0 radical (unpaired) electrons. The highest BCUT2D eigenvalue weighted by Gasteiger charge is 2.21. The van der Waals surface area contributed by atoms with Gasteiger partial charge in [-0.2, -0.15) is 0 Å². The van der Waals surface area contributed by atoms with Crippen LogP contribution in [0, 0.1) is 5.92 Å². The molecule has 0 aliphatic carbocycles. The first-order valence-corrected chi connectivity index (χ1v) is 9.14. The molecule has 2 aromatic rings. The van der Waals surface area contributed by atoms with E-state index in [0.717, 1.165) is 25.9 Å². The van der Waals surface area contributed by atoms with E-state index in [-0.39, 0.29) is 25.4 Å². The number of likely N-dealkylation sites (tertiary alicyclic amines) is 1. The van der Waals surface area contributed by atoms with Gasteiger partial charge in [-0.15, -0.1) is 6.58 Å². The van der Waals surface area contributed by atoms with E-state index in [9.17, 15) is 14.4 Å². The molecule has 0 spiro atoms. The molecular formula is C20H25N3O3. The molecule has 0 saturated carbocycles. The zero-order chi connectivity index (χ0) is 18.7. The van der Waals surface area contributed by atoms with Gasteiger partial charge in [0.25, 0.3) is 0 Å². The van der Waals surface area contributed by atoms with Gasteiger partial charge in [0.15, 0.2) is 0 Å². The van der Waals surface area contributed by atoms with E-state index in [1.165, 1.54) is 9.13 Å². The number of hydrogen-bond acceptors (Lipinski definition) is 3. The van der Waals surface area contributed by atoms with Gasteiger partial charge in [0.05, 0.1) is 11.0 Å². The van der Waals surface area contributed by atoms with Crippen LogP contribution in [0.5, 0.6) is 0 Å². The van der Waals surface area contributed by atoms with E-state index in [1.54, 1.807) is 6.08 Å². The van der Waals surface area contributed by atoms with Crippen LogP contribution >= 0.6 is 0 Å². The number of carbonyl (C=O) groups excluding carboxylic acids is 1. The number of amides is 1. The summed E-state index contributed by atoms with van der Waals surface area (Å²) in [4.78, 5) is 39.4. The molecule has 1 amide bonds. The topological polar surface area (TPSA) is 64.3 Å². The number of aromatic nitrogens is 2. The van der Waals surface area contributed by atoms with Gasteiger partial charge in [0, 0.05) is 32.6 Å². The van der Waals surface area contributed by atoms with Gasteiger partial charge in [0.1, 0.15) is 0 Å². The molecule has 3 rings (SSSR count). The molecule has 1 fully saturated rings. The van der Waals surface area contributed by atoms with Crippen molar-refractivity contribution in [3.05, 3.63) is 57.6 Å². The SMILES string of the molecule is C=CCn1c(=O)c(=O)n(CCC(=O)N2CCC(C)CC2)c2ccccc21. The van der Waals surface area contributed by atoms with E-state index in [2.05, 4.69) is 13.5 Å². The summed E-state index contributed by atoms with van der Waals surface area (Å²) in [6, 6.07) is 7.28. The Bertz CT molecular complexity index is 933. The molecule has 1 aromatic heterocycles. The Morgan fingerprint density at radius 1 is 1.12 bits per heavy atom. The summed E-state index contributed by atoms with van der Waals surface area (Å²) in [5.74, 6) is 0.700. The molecule has 1 aromatic carbocycles. The molecule has 1 aliphatic rings. The van der Waals surface area contributed by atoms with Crippen LogP contribution < -0.4 is 11.1 Å². The van der Waals surface area contributed by atoms with Gasteiger partial charge in [-0.05, 0) is 30.9 Å². The van der Waals surface area contributed by atoms with Crippen molar-refractivity contribution < 1.29 is 4.79 Å². The second kappa shape index (κ2) is 7.72. The Kier molecular flexibility index (Phi) is 5.40. The highest BCUT2D eigenvalue weighted by molar-refractivity contribution is 5.77. The van der Waals surface area contributed by atoms with Crippen molar-refractivity contribution in [2.24, 2.45) is 5.92 Å². The smallest absolute Gasteiger partial charge is 0.317 e. The molecule has 0 atom stereocenters. The van der Waals surface area contributed by atoms with Gasteiger partial charge in [-0.3, -0.25) is 19.0 Å². The zero-order valence-electron chi connectivity index (χ0n) is 15.2. The van der Waals surface area contributed by atoms with Crippen LogP contribution in [0.3, 0.4) is 0 Å². The van der Waals surface area contributed by atoms with Crippen LogP contribution in [-0.2, 0) is 17.9 Å². The summed E-state index contributed by atoms with van der Waals surface area (Å²) in [6.45, 7) is 7.90. The van der Waals surface area contributed by atoms with Crippen LogP contribution in [0.15, 0.2) is 46.5 Å². The van der Waals surface area contributed by atoms with Crippen LogP contribution in [0.1, 0.15) is 26.2 Å². The highest BCUT2D eigenvalue weighted by atomic mass is 16.2. The Balaban J connectivity index is 1.88. The average molecular weight is 355 g/mol. The van der Waals surface area contributed by atoms with E-state index in [1.807, 2.05) is 29.2 Å². The zero-order valence-corrected chi connectivity index (χ0v) is 15.2. The molecule has 0 N–H and O–H groups in total. The number of benzene rings is 1. The monoisotopic (exact) mass is 355 g/mol. The van der Waals surface area contributed by atoms with E-state index in [0.29, 0.717) is 17.0 Å². The Morgan fingerprint density at radius 3 is 2.31 bits per heavy atom. The predicted octanol–water partition coefficient (Wildman–Crippen LogP) is 2.00. The molecule has 6 nitrogen and oxygen atoms in total. The number of hydrogen-bond donors (Lipinski definition) is 0. The van der Waals surface area contributed by atoms with E-state index >= 15 is 0 Å². The number of rotatable bonds is 5. The lowest BCUT2D eigenvalue weighted by molar-refractivity contribution is -0.132. The minimum Gasteiger partial charge on any atom is -0.343 e. The number of piperidine rings is 1. The lowest BCUT2D eigenvalue weighted by Crippen LogP contribution is -2.43. The maximum atomic E-state index is 12.6. The predicted molar refractivity (Wildman–Crippen MR) is 102 cm³/mol. The third-order valence-corrected chi connectivity index (χ3v) is 5.13. The molecule has 138 valence electrons. The standard InChI is InChI=1S/C20H25N3O3/c1-3-11-22-16-6-4-5-7-17(16)23(20(26)19(22)25)14-10-18(24)21-12-8-15(2)9-13-21/h3-7,15H,1,8-14H2,2H3. The van der Waals surface area contributed by atoms with Crippen molar-refractivity contribution in [2.75, 3.05) is 13.1 Å². The second-order valence-corrected chi connectivity index (χ2v) is 6.96. The number of fused-ring (bicyclic) bond motifs is 1. The normalized spacial score (nSPS) is 15.3. The number of aryl methyl sites for hydroxylation is 1. The van der Waals surface area contributed by atoms with Gasteiger partial charge in [-0.25, -0.2) is 0 Å². The molecule has 6 heteroatoms. The van der Waals surface area contributed by atoms with Crippen molar-refractivity contribution in [2.45, 2.75) is 39.3 Å². The first kappa shape index (κ1) is 18.2. The number of para-hydroxylation sites is 2. The van der Waals surface area contributed by atoms with Gasteiger partial charge < -0.3 is 9.47 Å². The fourth-order valence-corrected chi connectivity index (χ4v) is 3.53. The van der Waals surface area contributed by atoms with Gasteiger partial charge in [-0.1, -0.05) is 25.1 Å². The Hall–Kier alpha value is -2.63. The lowest BCUT2D eigenvalue weighted by Gasteiger charge is -2.30. The van der Waals surface area contributed by atoms with Gasteiger partial charge >= 0.3 is 11.1 Å². The van der Waals surface area contributed by atoms with Crippen molar-refractivity contribution in [1.29, 1.82) is 0 Å².